The number of aromatic amines is 1. The molecule has 1 aromatic heterocycles. The number of nitrogens with one attached hydrogen (secondary N) is 4. The van der Waals surface area contributed by atoms with Crippen LogP contribution in [-0.2, 0) is 10.0 Å². The Labute approximate surface area is 175 Å². The third kappa shape index (κ3) is 4.35. The van der Waals surface area contributed by atoms with Gasteiger partial charge in [-0.25, -0.2) is 8.42 Å². The molecule has 0 bridgehead atoms. The average molecular weight is 431 g/mol. The smallest absolute Gasteiger partial charge is 0.275 e. The van der Waals surface area contributed by atoms with Crippen molar-refractivity contribution in [2.75, 3.05) is 44.2 Å². The van der Waals surface area contributed by atoms with Crippen LogP contribution >= 0.6 is 0 Å². The molecule has 30 heavy (non-hydrogen) atoms. The topological polar surface area (TPSA) is 110 Å². The van der Waals surface area contributed by atoms with Crippen LogP contribution in [0.5, 0.6) is 0 Å². The number of fused-ring (bicyclic) bond motifs is 1. The van der Waals surface area contributed by atoms with Crippen molar-refractivity contribution in [3.63, 3.8) is 0 Å². The van der Waals surface area contributed by atoms with Crippen molar-refractivity contribution in [3.8, 4) is 0 Å². The first-order valence-corrected chi connectivity index (χ1v) is 11.7. The normalized spacial score (nSPS) is 20.3. The SMILES string of the molecule is CNC1=CC(N2CCNCC2)N(C(=O)c2cc3cc(NS(C)(=O)=O)ccc3[nH]2)C=C1. The number of aromatic nitrogens is 1. The van der Waals surface area contributed by atoms with E-state index in [4.69, 9.17) is 0 Å². The van der Waals surface area contributed by atoms with Gasteiger partial charge in [0.25, 0.3) is 5.91 Å². The second kappa shape index (κ2) is 8.13. The van der Waals surface area contributed by atoms with E-state index in [2.05, 4.69) is 31.3 Å². The van der Waals surface area contributed by atoms with Crippen LogP contribution in [-0.4, -0.2) is 74.8 Å². The summed E-state index contributed by atoms with van der Waals surface area (Å²) in [7, 11) is -1.50. The summed E-state index contributed by atoms with van der Waals surface area (Å²) in [6.45, 7) is 3.47. The standard InChI is InChI=1S/C20H26N6O3S/c1-21-15-5-8-26(19(13-15)25-9-6-22-7-10-25)20(27)18-12-14-11-16(24-30(2,28)29)3-4-17(14)23-18/h3-5,8,11-13,19,21-24H,6-7,9-10H2,1-2H3. The molecule has 10 heteroatoms. The van der Waals surface area contributed by atoms with Crippen molar-refractivity contribution in [1.29, 1.82) is 0 Å². The summed E-state index contributed by atoms with van der Waals surface area (Å²) in [6.07, 6.45) is 6.67. The zero-order chi connectivity index (χ0) is 21.3. The van der Waals surface area contributed by atoms with Gasteiger partial charge in [0.1, 0.15) is 11.9 Å². The van der Waals surface area contributed by atoms with Crippen LogP contribution in [0.15, 0.2) is 48.3 Å². The Balaban J connectivity index is 1.62. The number of amides is 1. The second-order valence-corrected chi connectivity index (χ2v) is 9.21. The predicted molar refractivity (Wildman–Crippen MR) is 117 cm³/mol. The van der Waals surface area contributed by atoms with Crippen LogP contribution in [0.3, 0.4) is 0 Å². The van der Waals surface area contributed by atoms with E-state index in [1.165, 1.54) is 0 Å². The molecule has 2 aliphatic heterocycles. The summed E-state index contributed by atoms with van der Waals surface area (Å²) in [5.41, 5.74) is 2.65. The van der Waals surface area contributed by atoms with E-state index in [0.717, 1.165) is 49.0 Å². The van der Waals surface area contributed by atoms with Gasteiger partial charge in [-0.2, -0.15) is 0 Å². The summed E-state index contributed by atoms with van der Waals surface area (Å²) in [4.78, 5) is 20.5. The van der Waals surface area contributed by atoms with Gasteiger partial charge in [-0.15, -0.1) is 0 Å². The fraction of sp³-hybridized carbons (Fsp3) is 0.350. The lowest BCUT2D eigenvalue weighted by atomic mass is 10.1. The molecule has 1 aromatic carbocycles. The molecular formula is C20H26N6O3S. The minimum atomic E-state index is -3.37. The zero-order valence-electron chi connectivity index (χ0n) is 17.0. The molecule has 4 N–H and O–H groups in total. The number of carbonyl (C=O) groups excluding carboxylic acids is 1. The molecule has 1 atom stereocenters. The summed E-state index contributed by atoms with van der Waals surface area (Å²) >= 11 is 0. The van der Waals surface area contributed by atoms with Crippen LogP contribution in [0.1, 0.15) is 10.5 Å². The van der Waals surface area contributed by atoms with E-state index in [1.54, 1.807) is 29.2 Å². The number of hydrogen-bond acceptors (Lipinski definition) is 6. The average Bonchev–Trinajstić information content (AvgIpc) is 3.15. The number of carbonyl (C=O) groups is 1. The lowest BCUT2D eigenvalue weighted by molar-refractivity contribution is 0.0562. The summed E-state index contributed by atoms with van der Waals surface area (Å²) in [6, 6.07) is 6.90. The molecule has 1 saturated heterocycles. The molecule has 1 amide bonds. The molecular weight excluding hydrogens is 404 g/mol. The van der Waals surface area contributed by atoms with E-state index >= 15 is 0 Å². The molecule has 0 radical (unpaired) electrons. The number of likely N-dealkylation sites (N-methyl/N-ethyl adjacent to an activating group) is 1. The van der Waals surface area contributed by atoms with Gasteiger partial charge in [0.15, 0.2) is 0 Å². The Morgan fingerprint density at radius 3 is 2.67 bits per heavy atom. The largest absolute Gasteiger partial charge is 0.388 e. The summed E-state index contributed by atoms with van der Waals surface area (Å²) in [5, 5.41) is 7.25. The molecule has 9 nitrogen and oxygen atoms in total. The van der Waals surface area contributed by atoms with Gasteiger partial charge < -0.3 is 15.6 Å². The Bertz CT molecular complexity index is 1110. The van der Waals surface area contributed by atoms with Crippen molar-refractivity contribution in [2.24, 2.45) is 0 Å². The number of sulfonamides is 1. The minimum Gasteiger partial charge on any atom is -0.388 e. The van der Waals surface area contributed by atoms with Gasteiger partial charge >= 0.3 is 0 Å². The first-order chi connectivity index (χ1) is 14.3. The second-order valence-electron chi connectivity index (χ2n) is 7.46. The predicted octanol–water partition coefficient (Wildman–Crippen LogP) is 0.844. The highest BCUT2D eigenvalue weighted by molar-refractivity contribution is 7.92. The van der Waals surface area contributed by atoms with Gasteiger partial charge in [-0.3, -0.25) is 19.3 Å². The van der Waals surface area contributed by atoms with Crippen molar-refractivity contribution < 1.29 is 13.2 Å². The van der Waals surface area contributed by atoms with Gasteiger partial charge in [0.2, 0.25) is 10.0 Å². The highest BCUT2D eigenvalue weighted by Crippen LogP contribution is 2.24. The first kappa shape index (κ1) is 20.5. The highest BCUT2D eigenvalue weighted by Gasteiger charge is 2.30. The van der Waals surface area contributed by atoms with Gasteiger partial charge in [-0.1, -0.05) is 0 Å². The number of H-pyrrole nitrogens is 1. The Hall–Kier alpha value is -2.82. The number of rotatable bonds is 5. The quantitative estimate of drug-likeness (QED) is 0.560. The summed E-state index contributed by atoms with van der Waals surface area (Å²) in [5.74, 6) is -0.144. The molecule has 0 saturated carbocycles. The fourth-order valence-electron chi connectivity index (χ4n) is 3.79. The third-order valence-corrected chi connectivity index (χ3v) is 5.84. The molecule has 1 fully saturated rings. The molecule has 1 unspecified atom stereocenters. The lowest BCUT2D eigenvalue weighted by Gasteiger charge is -2.40. The van der Waals surface area contributed by atoms with Crippen LogP contribution in [0.25, 0.3) is 10.9 Å². The Morgan fingerprint density at radius 2 is 1.97 bits per heavy atom. The summed E-state index contributed by atoms with van der Waals surface area (Å²) < 4.78 is 25.4. The van der Waals surface area contributed by atoms with E-state index in [1.807, 2.05) is 19.3 Å². The highest BCUT2D eigenvalue weighted by atomic mass is 32.2. The molecule has 3 heterocycles. The minimum absolute atomic E-state index is 0.144. The Kier molecular flexibility index (Phi) is 5.54. The van der Waals surface area contributed by atoms with Crippen molar-refractivity contribution in [2.45, 2.75) is 6.17 Å². The maximum atomic E-state index is 13.4. The molecule has 0 aliphatic carbocycles. The maximum absolute atomic E-state index is 13.4. The number of piperazine rings is 1. The number of allylic oxidation sites excluding steroid dienone is 1. The molecule has 2 aliphatic rings. The number of nitrogens with zero attached hydrogens (tertiary/aromatic N) is 2. The van der Waals surface area contributed by atoms with E-state index in [0.29, 0.717) is 11.4 Å². The van der Waals surface area contributed by atoms with Crippen LogP contribution in [0, 0.1) is 0 Å². The number of hydrogen-bond donors (Lipinski definition) is 4. The van der Waals surface area contributed by atoms with Crippen molar-refractivity contribution in [3.05, 3.63) is 54.0 Å². The molecule has 4 rings (SSSR count). The van der Waals surface area contributed by atoms with Crippen LogP contribution < -0.4 is 15.4 Å². The maximum Gasteiger partial charge on any atom is 0.275 e. The zero-order valence-corrected chi connectivity index (χ0v) is 17.8. The van der Waals surface area contributed by atoms with E-state index in [9.17, 15) is 13.2 Å². The van der Waals surface area contributed by atoms with Crippen molar-refractivity contribution >= 4 is 32.5 Å². The van der Waals surface area contributed by atoms with Gasteiger partial charge in [0, 0.05) is 61.7 Å². The molecule has 160 valence electrons. The number of benzene rings is 1. The molecule has 2 aromatic rings. The first-order valence-electron chi connectivity index (χ1n) is 9.80. The van der Waals surface area contributed by atoms with Crippen LogP contribution in [0.4, 0.5) is 5.69 Å². The lowest BCUT2D eigenvalue weighted by Crippen LogP contribution is -2.55. The van der Waals surface area contributed by atoms with Gasteiger partial charge in [0.05, 0.1) is 6.26 Å². The van der Waals surface area contributed by atoms with E-state index in [-0.39, 0.29) is 12.1 Å². The Morgan fingerprint density at radius 1 is 1.20 bits per heavy atom. The third-order valence-electron chi connectivity index (χ3n) is 5.23. The van der Waals surface area contributed by atoms with E-state index < -0.39 is 10.0 Å². The fourth-order valence-corrected chi connectivity index (χ4v) is 4.35. The number of anilines is 1. The van der Waals surface area contributed by atoms with Gasteiger partial charge in [-0.05, 0) is 36.4 Å². The monoisotopic (exact) mass is 430 g/mol. The van der Waals surface area contributed by atoms with Crippen LogP contribution in [0.2, 0.25) is 0 Å². The molecule has 0 spiro atoms. The van der Waals surface area contributed by atoms with Crippen molar-refractivity contribution in [1.82, 2.24) is 25.4 Å².